The van der Waals surface area contributed by atoms with Gasteiger partial charge in [-0.2, -0.15) is 0 Å². The Kier molecular flexibility index (Phi) is 6.09. The van der Waals surface area contributed by atoms with Crippen LogP contribution in [0.2, 0.25) is 0 Å². The lowest BCUT2D eigenvalue weighted by Gasteiger charge is -2.36. The number of amides is 1. The van der Waals surface area contributed by atoms with Gasteiger partial charge in [-0.25, -0.2) is 0 Å². The van der Waals surface area contributed by atoms with Crippen LogP contribution in [-0.2, 0) is 4.79 Å². The van der Waals surface area contributed by atoms with Crippen molar-refractivity contribution in [2.75, 3.05) is 19.6 Å². The third-order valence-electron chi connectivity index (χ3n) is 3.87. The van der Waals surface area contributed by atoms with E-state index in [-0.39, 0.29) is 18.1 Å². The van der Waals surface area contributed by atoms with Crippen LogP contribution in [0.15, 0.2) is 0 Å². The number of hydrogen-bond acceptors (Lipinski definition) is 3. The summed E-state index contributed by atoms with van der Waals surface area (Å²) in [5.41, 5.74) is 0. The number of aliphatic hydroxyl groups is 1. The molecule has 18 heavy (non-hydrogen) atoms. The second kappa shape index (κ2) is 7.10. The molecule has 0 radical (unpaired) electrons. The minimum atomic E-state index is -0.225. The molecule has 1 amide bonds. The van der Waals surface area contributed by atoms with Crippen molar-refractivity contribution in [2.24, 2.45) is 11.8 Å². The fourth-order valence-electron chi connectivity index (χ4n) is 2.41. The van der Waals surface area contributed by atoms with Crippen molar-refractivity contribution in [3.63, 3.8) is 0 Å². The summed E-state index contributed by atoms with van der Waals surface area (Å²) in [4.78, 5) is 14.2. The molecule has 4 heteroatoms. The van der Waals surface area contributed by atoms with Gasteiger partial charge in [0, 0.05) is 6.54 Å². The number of carbonyl (C=O) groups is 1. The zero-order valence-corrected chi connectivity index (χ0v) is 12.1. The quantitative estimate of drug-likeness (QED) is 0.778. The van der Waals surface area contributed by atoms with Crippen LogP contribution in [0.3, 0.4) is 0 Å². The van der Waals surface area contributed by atoms with E-state index in [1.807, 2.05) is 13.8 Å². The van der Waals surface area contributed by atoms with Crippen molar-refractivity contribution < 1.29 is 9.90 Å². The molecule has 0 bridgehead atoms. The Bertz CT molecular complexity index is 259. The summed E-state index contributed by atoms with van der Waals surface area (Å²) >= 11 is 0. The maximum atomic E-state index is 12.0. The van der Waals surface area contributed by atoms with Gasteiger partial charge < -0.3 is 10.4 Å². The second-order valence-electron chi connectivity index (χ2n) is 5.93. The molecule has 1 aliphatic heterocycles. The van der Waals surface area contributed by atoms with Crippen LogP contribution in [0.1, 0.15) is 40.5 Å². The van der Waals surface area contributed by atoms with Crippen molar-refractivity contribution in [2.45, 2.75) is 52.7 Å². The zero-order chi connectivity index (χ0) is 13.7. The highest BCUT2D eigenvalue weighted by molar-refractivity contribution is 5.81. The van der Waals surface area contributed by atoms with E-state index in [9.17, 15) is 9.90 Å². The first-order valence-electron chi connectivity index (χ1n) is 7.11. The summed E-state index contributed by atoms with van der Waals surface area (Å²) in [5, 5.41) is 12.5. The monoisotopic (exact) mass is 256 g/mol. The Labute approximate surface area is 111 Å². The highest BCUT2D eigenvalue weighted by atomic mass is 16.3. The fourth-order valence-corrected chi connectivity index (χ4v) is 2.41. The van der Waals surface area contributed by atoms with Crippen molar-refractivity contribution in [1.82, 2.24) is 10.2 Å². The molecule has 1 heterocycles. The topological polar surface area (TPSA) is 52.6 Å². The molecule has 2 unspecified atom stereocenters. The molecular formula is C14H28N2O2. The Morgan fingerprint density at radius 3 is 2.28 bits per heavy atom. The number of nitrogens with zero attached hydrogens (tertiary/aromatic N) is 1. The lowest BCUT2D eigenvalue weighted by atomic mass is 9.91. The summed E-state index contributed by atoms with van der Waals surface area (Å²) in [6, 6.07) is -0.0568. The molecule has 0 aliphatic carbocycles. The third-order valence-corrected chi connectivity index (χ3v) is 3.87. The van der Waals surface area contributed by atoms with Crippen LogP contribution in [0.25, 0.3) is 0 Å². The normalized spacial score (nSPS) is 21.9. The van der Waals surface area contributed by atoms with Crippen LogP contribution < -0.4 is 5.32 Å². The van der Waals surface area contributed by atoms with Crippen LogP contribution in [-0.4, -0.2) is 47.7 Å². The maximum Gasteiger partial charge on any atom is 0.237 e. The minimum absolute atomic E-state index is 0.0568. The van der Waals surface area contributed by atoms with Gasteiger partial charge in [0.15, 0.2) is 0 Å². The Hall–Kier alpha value is -0.610. The van der Waals surface area contributed by atoms with E-state index >= 15 is 0 Å². The van der Waals surface area contributed by atoms with E-state index in [2.05, 4.69) is 24.1 Å². The predicted molar refractivity (Wildman–Crippen MR) is 73.3 cm³/mol. The van der Waals surface area contributed by atoms with E-state index in [0.717, 1.165) is 32.5 Å². The van der Waals surface area contributed by atoms with Gasteiger partial charge in [0.2, 0.25) is 5.91 Å². The van der Waals surface area contributed by atoms with Crippen LogP contribution in [0.4, 0.5) is 0 Å². The van der Waals surface area contributed by atoms with Gasteiger partial charge in [0.05, 0.1) is 12.1 Å². The largest absolute Gasteiger partial charge is 0.393 e. The van der Waals surface area contributed by atoms with Gasteiger partial charge in [-0.05, 0) is 51.6 Å². The minimum Gasteiger partial charge on any atom is -0.393 e. The molecule has 0 aromatic rings. The Morgan fingerprint density at radius 2 is 1.83 bits per heavy atom. The van der Waals surface area contributed by atoms with Gasteiger partial charge in [-0.15, -0.1) is 0 Å². The molecule has 1 aliphatic rings. The number of hydrogen-bond donors (Lipinski definition) is 2. The van der Waals surface area contributed by atoms with E-state index < -0.39 is 0 Å². The average Bonchev–Trinajstić information content (AvgIpc) is 2.35. The molecular weight excluding hydrogens is 228 g/mol. The molecule has 1 rings (SSSR count). The summed E-state index contributed by atoms with van der Waals surface area (Å²) in [6.45, 7) is 10.6. The SMILES string of the molecule is CC(C)CNC(=O)C(C)N1CCC(C(C)O)CC1. The molecule has 0 aromatic carbocycles. The molecule has 1 saturated heterocycles. The summed E-state index contributed by atoms with van der Waals surface area (Å²) < 4.78 is 0. The first kappa shape index (κ1) is 15.4. The standard InChI is InChI=1S/C14H28N2O2/c1-10(2)9-15-14(18)11(3)16-7-5-13(6-8-16)12(4)17/h10-13,17H,5-9H2,1-4H3,(H,15,18). The number of aliphatic hydroxyl groups excluding tert-OH is 1. The second-order valence-corrected chi connectivity index (χ2v) is 5.93. The van der Waals surface area contributed by atoms with Crippen molar-refractivity contribution in [1.29, 1.82) is 0 Å². The van der Waals surface area contributed by atoms with E-state index in [1.54, 1.807) is 0 Å². The molecule has 0 spiro atoms. The molecule has 2 atom stereocenters. The summed E-state index contributed by atoms with van der Waals surface area (Å²) in [5.74, 6) is 1.01. The number of likely N-dealkylation sites (tertiary alicyclic amines) is 1. The highest BCUT2D eigenvalue weighted by Gasteiger charge is 2.28. The molecule has 4 nitrogen and oxygen atoms in total. The van der Waals surface area contributed by atoms with E-state index in [1.165, 1.54) is 0 Å². The maximum absolute atomic E-state index is 12.0. The molecule has 0 aromatic heterocycles. The van der Waals surface area contributed by atoms with Gasteiger partial charge in [-0.3, -0.25) is 9.69 Å². The highest BCUT2D eigenvalue weighted by Crippen LogP contribution is 2.21. The summed E-state index contributed by atoms with van der Waals surface area (Å²) in [7, 11) is 0. The Morgan fingerprint density at radius 1 is 1.28 bits per heavy atom. The van der Waals surface area contributed by atoms with Gasteiger partial charge in [0.1, 0.15) is 0 Å². The van der Waals surface area contributed by atoms with Crippen molar-refractivity contribution in [3.05, 3.63) is 0 Å². The number of nitrogens with one attached hydrogen (secondary N) is 1. The van der Waals surface area contributed by atoms with Gasteiger partial charge in [-0.1, -0.05) is 13.8 Å². The lowest BCUT2D eigenvalue weighted by molar-refractivity contribution is -0.126. The van der Waals surface area contributed by atoms with Crippen LogP contribution >= 0.6 is 0 Å². The number of carbonyl (C=O) groups excluding carboxylic acids is 1. The van der Waals surface area contributed by atoms with Gasteiger partial charge >= 0.3 is 0 Å². The first-order chi connectivity index (χ1) is 8.41. The first-order valence-corrected chi connectivity index (χ1v) is 7.11. The lowest BCUT2D eigenvalue weighted by Crippen LogP contribution is -2.49. The third kappa shape index (κ3) is 4.58. The van der Waals surface area contributed by atoms with Crippen LogP contribution in [0.5, 0.6) is 0 Å². The molecule has 0 saturated carbocycles. The molecule has 2 N–H and O–H groups in total. The Balaban J connectivity index is 2.35. The predicted octanol–water partition coefficient (Wildman–Crippen LogP) is 1.24. The summed E-state index contributed by atoms with van der Waals surface area (Å²) in [6.07, 6.45) is 1.75. The molecule has 1 fully saturated rings. The number of piperidine rings is 1. The fraction of sp³-hybridized carbons (Fsp3) is 0.929. The zero-order valence-electron chi connectivity index (χ0n) is 12.1. The van der Waals surface area contributed by atoms with Crippen molar-refractivity contribution >= 4 is 5.91 Å². The van der Waals surface area contributed by atoms with E-state index in [0.29, 0.717) is 11.8 Å². The van der Waals surface area contributed by atoms with Crippen molar-refractivity contribution in [3.8, 4) is 0 Å². The average molecular weight is 256 g/mol. The molecule has 106 valence electrons. The van der Waals surface area contributed by atoms with E-state index in [4.69, 9.17) is 0 Å². The number of rotatable bonds is 5. The smallest absolute Gasteiger partial charge is 0.237 e. The van der Waals surface area contributed by atoms with Crippen LogP contribution in [0, 0.1) is 11.8 Å². The van der Waals surface area contributed by atoms with Gasteiger partial charge in [0.25, 0.3) is 0 Å².